The van der Waals surface area contributed by atoms with Gasteiger partial charge in [-0.15, -0.1) is 0 Å². The summed E-state index contributed by atoms with van der Waals surface area (Å²) in [7, 11) is 0. The third-order valence-corrected chi connectivity index (χ3v) is 1.28. The van der Waals surface area contributed by atoms with E-state index in [0.717, 1.165) is 0 Å². The number of nitrogens with two attached hydrogens (primary N) is 1. The highest BCUT2D eigenvalue weighted by atomic mass is 32.1. The smallest absolute Gasteiger partial charge is 0.369 e. The average Bonchev–Trinajstić information content (AvgIpc) is 1.82. The molecular formula is C5H4F3N3S. The molecule has 12 heavy (non-hydrogen) atoms. The zero-order valence-corrected chi connectivity index (χ0v) is 6.46. The van der Waals surface area contributed by atoms with Crippen molar-refractivity contribution in [2.75, 3.05) is 5.73 Å². The molecule has 7 heteroatoms. The second kappa shape index (κ2) is 2.74. The maximum absolute atomic E-state index is 12.0. The van der Waals surface area contributed by atoms with Crippen LogP contribution >= 0.6 is 12.2 Å². The van der Waals surface area contributed by atoms with E-state index in [1.165, 1.54) is 0 Å². The molecule has 66 valence electrons. The van der Waals surface area contributed by atoms with E-state index < -0.39 is 11.9 Å². The number of nitrogens with one attached hydrogen (secondary N) is 1. The molecule has 0 saturated carbocycles. The van der Waals surface area contributed by atoms with Crippen LogP contribution in [0.2, 0.25) is 0 Å². The minimum absolute atomic E-state index is 0.182. The lowest BCUT2D eigenvalue weighted by atomic mass is 10.4. The average molecular weight is 195 g/mol. The van der Waals surface area contributed by atoms with Crippen LogP contribution < -0.4 is 5.73 Å². The Bertz CT molecular complexity index is 343. The number of nitrogens with zero attached hydrogens (tertiary/aromatic N) is 1. The van der Waals surface area contributed by atoms with Gasteiger partial charge in [-0.3, -0.25) is 0 Å². The molecule has 0 fully saturated rings. The van der Waals surface area contributed by atoms with E-state index >= 15 is 0 Å². The Balaban J connectivity index is 3.27. The first-order valence-corrected chi connectivity index (χ1v) is 3.24. The van der Waals surface area contributed by atoms with Crippen LogP contribution in [-0.2, 0) is 6.18 Å². The second-order valence-electron chi connectivity index (χ2n) is 2.02. The fourth-order valence-electron chi connectivity index (χ4n) is 0.629. The van der Waals surface area contributed by atoms with Gasteiger partial charge >= 0.3 is 6.18 Å². The molecule has 0 aliphatic rings. The molecule has 3 N–H and O–H groups in total. The molecular weight excluding hydrogens is 191 g/mol. The van der Waals surface area contributed by atoms with Gasteiger partial charge in [0.2, 0.25) is 0 Å². The molecule has 1 rings (SSSR count). The fraction of sp³-hybridized carbons (Fsp3) is 0.200. The summed E-state index contributed by atoms with van der Waals surface area (Å²) in [6, 6.07) is 0.714. The van der Waals surface area contributed by atoms with Crippen molar-refractivity contribution in [1.82, 2.24) is 9.97 Å². The minimum Gasteiger partial charge on any atom is -0.369 e. The quantitative estimate of drug-likeness (QED) is 0.620. The van der Waals surface area contributed by atoms with Gasteiger partial charge in [-0.2, -0.15) is 13.2 Å². The molecule has 0 bridgehead atoms. The highest BCUT2D eigenvalue weighted by molar-refractivity contribution is 7.71. The van der Waals surface area contributed by atoms with Crippen molar-refractivity contribution in [2.24, 2.45) is 0 Å². The number of alkyl halides is 3. The zero-order chi connectivity index (χ0) is 9.35. The van der Waals surface area contributed by atoms with Crippen molar-refractivity contribution in [3.8, 4) is 0 Å². The van der Waals surface area contributed by atoms with Crippen LogP contribution in [0.3, 0.4) is 0 Å². The summed E-state index contributed by atoms with van der Waals surface area (Å²) in [4.78, 5) is 5.25. The molecule has 0 unspecified atom stereocenters. The molecule has 1 aromatic rings. The van der Waals surface area contributed by atoms with Crippen molar-refractivity contribution in [1.29, 1.82) is 0 Å². The highest BCUT2D eigenvalue weighted by Crippen LogP contribution is 2.27. The monoisotopic (exact) mass is 195 g/mol. The van der Waals surface area contributed by atoms with E-state index in [2.05, 4.69) is 17.2 Å². The number of aromatic nitrogens is 2. The van der Waals surface area contributed by atoms with Crippen LogP contribution in [-0.4, -0.2) is 9.97 Å². The van der Waals surface area contributed by atoms with Gasteiger partial charge < -0.3 is 10.7 Å². The number of rotatable bonds is 0. The minimum atomic E-state index is -4.47. The molecule has 0 spiro atoms. The Hall–Kier alpha value is -1.11. The van der Waals surface area contributed by atoms with Crippen LogP contribution in [0, 0.1) is 4.64 Å². The van der Waals surface area contributed by atoms with E-state index in [4.69, 9.17) is 5.73 Å². The summed E-state index contributed by atoms with van der Waals surface area (Å²) in [5, 5.41) is 0. The number of H-pyrrole nitrogens is 1. The zero-order valence-electron chi connectivity index (χ0n) is 5.64. The lowest BCUT2D eigenvalue weighted by Crippen LogP contribution is -2.10. The normalized spacial score (nSPS) is 11.6. The first-order valence-electron chi connectivity index (χ1n) is 2.83. The Morgan fingerprint density at radius 3 is 2.50 bits per heavy atom. The second-order valence-corrected chi connectivity index (χ2v) is 2.43. The molecule has 0 aliphatic heterocycles. The van der Waals surface area contributed by atoms with Gasteiger partial charge in [0.05, 0.1) is 0 Å². The molecule has 0 saturated heterocycles. The fourth-order valence-corrected chi connectivity index (χ4v) is 0.845. The predicted octanol–water partition coefficient (Wildman–Crippen LogP) is 1.74. The number of anilines is 1. The van der Waals surface area contributed by atoms with Gasteiger partial charge in [-0.05, 0) is 0 Å². The van der Waals surface area contributed by atoms with Gasteiger partial charge in [0, 0.05) is 6.07 Å². The number of hydrogen-bond donors (Lipinski definition) is 2. The first kappa shape index (κ1) is 8.98. The lowest BCUT2D eigenvalue weighted by molar-refractivity contribution is -0.141. The van der Waals surface area contributed by atoms with Crippen LogP contribution in [0.5, 0.6) is 0 Å². The Kier molecular flexibility index (Phi) is 2.05. The van der Waals surface area contributed by atoms with Crippen LogP contribution in [0.15, 0.2) is 6.07 Å². The first-order chi connectivity index (χ1) is 5.39. The third-order valence-electron chi connectivity index (χ3n) is 1.07. The van der Waals surface area contributed by atoms with Gasteiger partial charge in [0.15, 0.2) is 5.95 Å². The van der Waals surface area contributed by atoms with Crippen molar-refractivity contribution in [3.63, 3.8) is 0 Å². The maximum Gasteiger partial charge on any atom is 0.431 e. The predicted molar refractivity (Wildman–Crippen MR) is 38.8 cm³/mol. The Morgan fingerprint density at radius 2 is 2.08 bits per heavy atom. The van der Waals surface area contributed by atoms with E-state index in [9.17, 15) is 13.2 Å². The molecule has 3 nitrogen and oxygen atoms in total. The van der Waals surface area contributed by atoms with E-state index in [1.54, 1.807) is 0 Å². The highest BCUT2D eigenvalue weighted by Gasteiger charge is 2.31. The summed E-state index contributed by atoms with van der Waals surface area (Å²) in [6.07, 6.45) is -4.47. The number of nitrogen functional groups attached to an aromatic ring is 1. The van der Waals surface area contributed by atoms with Gasteiger partial charge in [0.25, 0.3) is 0 Å². The topological polar surface area (TPSA) is 54.7 Å². The third kappa shape index (κ3) is 1.94. The van der Waals surface area contributed by atoms with Crippen LogP contribution in [0.1, 0.15) is 5.69 Å². The van der Waals surface area contributed by atoms with E-state index in [0.29, 0.717) is 6.07 Å². The standard InChI is InChI=1S/C5H4F3N3S/c6-5(7,8)2-1-3(12)11-4(9)10-2/h1H,(H3,9,10,11,12). The molecule has 0 amide bonds. The molecule has 0 aliphatic carbocycles. The summed E-state index contributed by atoms with van der Waals surface area (Å²) >= 11 is 4.44. The summed E-state index contributed by atoms with van der Waals surface area (Å²) < 4.78 is 35.8. The summed E-state index contributed by atoms with van der Waals surface area (Å²) in [5.74, 6) is -0.338. The van der Waals surface area contributed by atoms with Crippen molar-refractivity contribution in [2.45, 2.75) is 6.18 Å². The maximum atomic E-state index is 12.0. The molecule has 1 heterocycles. The van der Waals surface area contributed by atoms with Gasteiger partial charge in [0.1, 0.15) is 10.3 Å². The Morgan fingerprint density at radius 1 is 1.50 bits per heavy atom. The van der Waals surface area contributed by atoms with Crippen LogP contribution in [0.25, 0.3) is 0 Å². The molecule has 0 atom stereocenters. The molecule has 0 aromatic carbocycles. The number of aromatic amines is 1. The van der Waals surface area contributed by atoms with E-state index in [1.807, 2.05) is 4.98 Å². The van der Waals surface area contributed by atoms with Crippen LogP contribution in [0.4, 0.5) is 19.1 Å². The van der Waals surface area contributed by atoms with E-state index in [-0.39, 0.29) is 10.6 Å². The van der Waals surface area contributed by atoms with Gasteiger partial charge in [-0.1, -0.05) is 12.2 Å². The van der Waals surface area contributed by atoms with Crippen molar-refractivity contribution >= 4 is 18.2 Å². The SMILES string of the molecule is Nc1nc(=S)cc(C(F)(F)F)[nH]1. The summed E-state index contributed by atoms with van der Waals surface area (Å²) in [5.41, 5.74) is 4.04. The van der Waals surface area contributed by atoms with Crippen molar-refractivity contribution < 1.29 is 13.2 Å². The van der Waals surface area contributed by atoms with Gasteiger partial charge in [-0.25, -0.2) is 4.98 Å². The Labute approximate surface area is 70.4 Å². The molecule has 1 aromatic heterocycles. The number of hydrogen-bond acceptors (Lipinski definition) is 3. The molecule has 0 radical (unpaired) electrons. The lowest BCUT2D eigenvalue weighted by Gasteiger charge is -2.05. The summed E-state index contributed by atoms with van der Waals surface area (Å²) in [6.45, 7) is 0. The van der Waals surface area contributed by atoms with Crippen molar-refractivity contribution in [3.05, 3.63) is 16.4 Å². The number of halogens is 3. The largest absolute Gasteiger partial charge is 0.431 e.